The Morgan fingerprint density at radius 3 is 2.36 bits per heavy atom. The first-order chi connectivity index (χ1) is 12.1. The molecule has 2 amide bonds. The van der Waals surface area contributed by atoms with Crippen molar-refractivity contribution in [3.63, 3.8) is 0 Å². The predicted octanol–water partition coefficient (Wildman–Crippen LogP) is 2.65. The molecule has 0 atom stereocenters. The van der Waals surface area contributed by atoms with Crippen molar-refractivity contribution in [2.24, 2.45) is 0 Å². The number of nitrogens with zero attached hydrogens (tertiary/aromatic N) is 2. The van der Waals surface area contributed by atoms with E-state index in [-0.39, 0.29) is 11.8 Å². The van der Waals surface area contributed by atoms with Crippen molar-refractivity contribution in [3.05, 3.63) is 34.8 Å². The highest BCUT2D eigenvalue weighted by Gasteiger charge is 2.22. The van der Waals surface area contributed by atoms with Crippen molar-refractivity contribution in [2.45, 2.75) is 12.8 Å². The number of carbonyl (C=O) groups excluding carboxylic acids is 2. The zero-order valence-corrected chi connectivity index (χ0v) is 14.9. The molecule has 2 heterocycles. The second-order valence-electron chi connectivity index (χ2n) is 5.59. The Labute approximate surface area is 149 Å². The van der Waals surface area contributed by atoms with Gasteiger partial charge in [-0.1, -0.05) is 0 Å². The van der Waals surface area contributed by atoms with Gasteiger partial charge in [-0.05, 0) is 25.0 Å². The molecule has 0 bridgehead atoms. The van der Waals surface area contributed by atoms with Gasteiger partial charge >= 0.3 is 0 Å². The smallest absolute Gasteiger partial charge is 0.273 e. The number of ether oxygens (including phenoxy) is 2. The number of rotatable bonds is 5. The summed E-state index contributed by atoms with van der Waals surface area (Å²) in [6.45, 7) is 1.53. The molecule has 132 valence electrons. The molecule has 1 aromatic carbocycles. The van der Waals surface area contributed by atoms with Gasteiger partial charge in [0.2, 0.25) is 0 Å². The van der Waals surface area contributed by atoms with Crippen LogP contribution in [0.3, 0.4) is 0 Å². The van der Waals surface area contributed by atoms with E-state index in [0.29, 0.717) is 27.9 Å². The molecule has 2 aromatic rings. The number of methoxy groups -OCH3 is 2. The van der Waals surface area contributed by atoms with E-state index in [4.69, 9.17) is 9.47 Å². The molecule has 1 N–H and O–H groups in total. The molecule has 0 spiro atoms. The number of amides is 2. The largest absolute Gasteiger partial charge is 0.497 e. The number of likely N-dealkylation sites (tertiary alicyclic amines) is 1. The van der Waals surface area contributed by atoms with E-state index < -0.39 is 0 Å². The number of anilines is 1. The molecule has 0 aliphatic carbocycles. The molecule has 1 aliphatic rings. The van der Waals surface area contributed by atoms with Crippen LogP contribution in [0.5, 0.6) is 11.5 Å². The van der Waals surface area contributed by atoms with E-state index in [2.05, 4.69) is 10.3 Å². The third kappa shape index (κ3) is 3.90. The van der Waals surface area contributed by atoms with Crippen LogP contribution in [0.4, 0.5) is 5.13 Å². The number of carbonyl (C=O) groups is 2. The molecule has 1 fully saturated rings. The van der Waals surface area contributed by atoms with Crippen molar-refractivity contribution in [3.8, 4) is 11.5 Å². The summed E-state index contributed by atoms with van der Waals surface area (Å²) in [5, 5.41) is 4.77. The molecule has 1 aliphatic heterocycles. The van der Waals surface area contributed by atoms with Crippen LogP contribution < -0.4 is 14.8 Å². The van der Waals surface area contributed by atoms with E-state index in [1.165, 1.54) is 25.6 Å². The molecule has 1 saturated heterocycles. The summed E-state index contributed by atoms with van der Waals surface area (Å²) in [6.07, 6.45) is 2.05. The first-order valence-electron chi connectivity index (χ1n) is 7.90. The summed E-state index contributed by atoms with van der Waals surface area (Å²) >= 11 is 1.23. The zero-order valence-electron chi connectivity index (χ0n) is 14.1. The van der Waals surface area contributed by atoms with E-state index >= 15 is 0 Å². The highest BCUT2D eigenvalue weighted by atomic mass is 32.1. The molecular weight excluding hydrogens is 342 g/mol. The van der Waals surface area contributed by atoms with Crippen LogP contribution in [-0.4, -0.2) is 49.0 Å². The Morgan fingerprint density at radius 1 is 1.12 bits per heavy atom. The van der Waals surface area contributed by atoms with Gasteiger partial charge in [0.15, 0.2) is 5.13 Å². The van der Waals surface area contributed by atoms with Crippen molar-refractivity contribution < 1.29 is 19.1 Å². The second kappa shape index (κ2) is 7.52. The molecule has 7 nitrogen and oxygen atoms in total. The highest BCUT2D eigenvalue weighted by Crippen LogP contribution is 2.24. The van der Waals surface area contributed by atoms with Gasteiger partial charge in [-0.3, -0.25) is 14.9 Å². The molecule has 1 aromatic heterocycles. The number of hydrogen-bond acceptors (Lipinski definition) is 6. The van der Waals surface area contributed by atoms with Gasteiger partial charge < -0.3 is 14.4 Å². The molecule has 3 rings (SSSR count). The van der Waals surface area contributed by atoms with Gasteiger partial charge in [0.05, 0.1) is 14.2 Å². The average molecular weight is 361 g/mol. The van der Waals surface area contributed by atoms with Crippen LogP contribution in [0.15, 0.2) is 23.6 Å². The summed E-state index contributed by atoms with van der Waals surface area (Å²) in [5.74, 6) is 0.617. The summed E-state index contributed by atoms with van der Waals surface area (Å²) in [6, 6.07) is 4.91. The zero-order chi connectivity index (χ0) is 17.8. The van der Waals surface area contributed by atoms with Gasteiger partial charge in [-0.15, -0.1) is 11.3 Å². The van der Waals surface area contributed by atoms with Gasteiger partial charge in [0.1, 0.15) is 17.2 Å². The Balaban J connectivity index is 1.72. The first kappa shape index (κ1) is 17.2. The Morgan fingerprint density at radius 2 is 1.76 bits per heavy atom. The molecule has 0 unspecified atom stereocenters. The van der Waals surface area contributed by atoms with Crippen LogP contribution >= 0.6 is 11.3 Å². The van der Waals surface area contributed by atoms with Gasteiger partial charge in [-0.25, -0.2) is 4.98 Å². The first-order valence-corrected chi connectivity index (χ1v) is 8.78. The minimum atomic E-state index is -0.341. The predicted molar refractivity (Wildman–Crippen MR) is 94.8 cm³/mol. The summed E-state index contributed by atoms with van der Waals surface area (Å²) in [4.78, 5) is 30.8. The lowest BCUT2D eigenvalue weighted by molar-refractivity contribution is 0.0787. The quantitative estimate of drug-likeness (QED) is 0.885. The molecular formula is C17H19N3O4S. The van der Waals surface area contributed by atoms with E-state index in [1.807, 2.05) is 0 Å². The summed E-state index contributed by atoms with van der Waals surface area (Å²) < 4.78 is 10.3. The van der Waals surface area contributed by atoms with Crippen LogP contribution in [-0.2, 0) is 0 Å². The maximum atomic E-state index is 12.4. The topological polar surface area (TPSA) is 80.8 Å². The van der Waals surface area contributed by atoms with Crippen molar-refractivity contribution in [2.75, 3.05) is 32.6 Å². The lowest BCUT2D eigenvalue weighted by Crippen LogP contribution is -2.27. The molecule has 25 heavy (non-hydrogen) atoms. The lowest BCUT2D eigenvalue weighted by Gasteiger charge is -2.12. The summed E-state index contributed by atoms with van der Waals surface area (Å²) in [7, 11) is 3.04. The van der Waals surface area contributed by atoms with Crippen molar-refractivity contribution in [1.82, 2.24) is 9.88 Å². The fourth-order valence-electron chi connectivity index (χ4n) is 2.62. The summed E-state index contributed by atoms with van der Waals surface area (Å²) in [5.41, 5.74) is 0.754. The fraction of sp³-hybridized carbons (Fsp3) is 0.353. The number of benzene rings is 1. The Hall–Kier alpha value is -2.61. The maximum Gasteiger partial charge on any atom is 0.273 e. The van der Waals surface area contributed by atoms with Crippen LogP contribution in [0.25, 0.3) is 0 Å². The Bertz CT molecular complexity index is 762. The van der Waals surface area contributed by atoms with Gasteiger partial charge in [0, 0.05) is 30.1 Å². The van der Waals surface area contributed by atoms with Crippen LogP contribution in [0, 0.1) is 0 Å². The second-order valence-corrected chi connectivity index (χ2v) is 6.45. The van der Waals surface area contributed by atoms with Crippen molar-refractivity contribution in [1.29, 1.82) is 0 Å². The third-order valence-electron chi connectivity index (χ3n) is 3.95. The SMILES string of the molecule is COc1cc(OC)cc(C(=O)Nc2nc(C(=O)N3CCCC3)cs2)c1. The number of nitrogens with one attached hydrogen (secondary N) is 1. The normalized spacial score (nSPS) is 13.6. The monoisotopic (exact) mass is 361 g/mol. The van der Waals surface area contributed by atoms with Crippen molar-refractivity contribution >= 4 is 28.3 Å². The third-order valence-corrected chi connectivity index (χ3v) is 4.71. The van der Waals surface area contributed by atoms with Crippen LogP contribution in [0.1, 0.15) is 33.7 Å². The number of thiazole rings is 1. The maximum absolute atomic E-state index is 12.4. The van der Waals surface area contributed by atoms with E-state index in [0.717, 1.165) is 25.9 Å². The lowest BCUT2D eigenvalue weighted by atomic mass is 10.2. The standard InChI is InChI=1S/C17H19N3O4S/c1-23-12-7-11(8-13(9-12)24-2)15(21)19-17-18-14(10-25-17)16(22)20-5-3-4-6-20/h7-10H,3-6H2,1-2H3,(H,18,19,21). The van der Waals surface area contributed by atoms with E-state index in [9.17, 15) is 9.59 Å². The van der Waals surface area contributed by atoms with Gasteiger partial charge in [-0.2, -0.15) is 0 Å². The average Bonchev–Trinajstić information content (AvgIpc) is 3.32. The fourth-order valence-corrected chi connectivity index (χ4v) is 3.30. The molecule has 8 heteroatoms. The number of aromatic nitrogens is 1. The highest BCUT2D eigenvalue weighted by molar-refractivity contribution is 7.14. The minimum absolute atomic E-state index is 0.0858. The minimum Gasteiger partial charge on any atom is -0.497 e. The van der Waals surface area contributed by atoms with E-state index in [1.54, 1.807) is 28.5 Å². The van der Waals surface area contributed by atoms with Crippen LogP contribution in [0.2, 0.25) is 0 Å². The molecule has 0 radical (unpaired) electrons. The Kier molecular flexibility index (Phi) is 5.18. The molecule has 0 saturated carbocycles. The van der Waals surface area contributed by atoms with Gasteiger partial charge in [0.25, 0.3) is 11.8 Å². The number of hydrogen-bond donors (Lipinski definition) is 1.